The van der Waals surface area contributed by atoms with Gasteiger partial charge in [-0.15, -0.1) is 0 Å². The summed E-state index contributed by atoms with van der Waals surface area (Å²) in [5, 5.41) is 20.1. The van der Waals surface area contributed by atoms with Gasteiger partial charge in [0.05, 0.1) is 12.6 Å². The summed E-state index contributed by atoms with van der Waals surface area (Å²) in [4.78, 5) is 21.6. The number of nitrogens with one attached hydrogen (secondary N) is 1. The molecule has 5 heteroatoms. The van der Waals surface area contributed by atoms with E-state index >= 15 is 0 Å². The van der Waals surface area contributed by atoms with Crippen molar-refractivity contribution >= 4 is 11.9 Å². The molecular formula is C11H21NO4. The van der Waals surface area contributed by atoms with Gasteiger partial charge in [0.25, 0.3) is 0 Å². The van der Waals surface area contributed by atoms with Crippen molar-refractivity contribution in [1.82, 2.24) is 5.32 Å². The minimum atomic E-state index is -0.837. The molecule has 0 aliphatic heterocycles. The van der Waals surface area contributed by atoms with Gasteiger partial charge < -0.3 is 15.5 Å². The maximum atomic E-state index is 11.4. The first-order valence-electron chi connectivity index (χ1n) is 5.59. The van der Waals surface area contributed by atoms with E-state index < -0.39 is 5.97 Å². The SMILES string of the molecule is CC(C)[C@@H](CO)NC(=O)CCCCC(=O)O. The molecule has 0 fully saturated rings. The third-order valence-corrected chi connectivity index (χ3v) is 2.39. The number of rotatable bonds is 8. The van der Waals surface area contributed by atoms with Gasteiger partial charge in [0.2, 0.25) is 5.91 Å². The minimum absolute atomic E-state index is 0.0709. The molecule has 0 aromatic heterocycles. The summed E-state index contributed by atoms with van der Waals surface area (Å²) >= 11 is 0. The van der Waals surface area contributed by atoms with Gasteiger partial charge in [-0.1, -0.05) is 13.8 Å². The molecule has 0 aromatic carbocycles. The van der Waals surface area contributed by atoms with Crippen molar-refractivity contribution in [2.45, 2.75) is 45.6 Å². The third kappa shape index (κ3) is 7.23. The number of amides is 1. The monoisotopic (exact) mass is 231 g/mol. The lowest BCUT2D eigenvalue weighted by molar-refractivity contribution is -0.137. The Bertz CT molecular complexity index is 228. The number of aliphatic hydroxyl groups is 1. The summed E-state index contributed by atoms with van der Waals surface area (Å²) in [6.45, 7) is 3.77. The number of carbonyl (C=O) groups excluding carboxylic acids is 1. The van der Waals surface area contributed by atoms with Crippen LogP contribution in [-0.4, -0.2) is 34.7 Å². The van der Waals surface area contributed by atoms with Gasteiger partial charge in [0.15, 0.2) is 0 Å². The van der Waals surface area contributed by atoms with Gasteiger partial charge >= 0.3 is 5.97 Å². The van der Waals surface area contributed by atoms with Crippen LogP contribution in [0.5, 0.6) is 0 Å². The van der Waals surface area contributed by atoms with Crippen LogP contribution in [0, 0.1) is 5.92 Å². The van der Waals surface area contributed by atoms with Crippen LogP contribution >= 0.6 is 0 Å². The first kappa shape index (κ1) is 14.9. The Kier molecular flexibility index (Phi) is 7.54. The quantitative estimate of drug-likeness (QED) is 0.538. The van der Waals surface area contributed by atoms with E-state index in [1.165, 1.54) is 0 Å². The average Bonchev–Trinajstić information content (AvgIpc) is 2.20. The Morgan fingerprint density at radius 1 is 1.19 bits per heavy atom. The molecular weight excluding hydrogens is 210 g/mol. The second kappa shape index (κ2) is 8.10. The van der Waals surface area contributed by atoms with Crippen LogP contribution in [0.1, 0.15) is 39.5 Å². The van der Waals surface area contributed by atoms with Crippen LogP contribution in [0.4, 0.5) is 0 Å². The molecule has 0 unspecified atom stereocenters. The fraction of sp³-hybridized carbons (Fsp3) is 0.818. The van der Waals surface area contributed by atoms with E-state index in [0.717, 1.165) is 0 Å². The molecule has 0 bridgehead atoms. The van der Waals surface area contributed by atoms with Gasteiger partial charge in [-0.05, 0) is 18.8 Å². The Morgan fingerprint density at radius 3 is 2.19 bits per heavy atom. The number of carboxylic acids is 1. The molecule has 0 aromatic rings. The summed E-state index contributed by atoms with van der Waals surface area (Å²) < 4.78 is 0. The summed E-state index contributed by atoms with van der Waals surface area (Å²) in [7, 11) is 0. The molecule has 94 valence electrons. The normalized spacial score (nSPS) is 12.5. The largest absolute Gasteiger partial charge is 0.481 e. The fourth-order valence-electron chi connectivity index (χ4n) is 1.26. The third-order valence-electron chi connectivity index (χ3n) is 2.39. The van der Waals surface area contributed by atoms with E-state index in [-0.39, 0.29) is 30.9 Å². The second-order valence-corrected chi connectivity index (χ2v) is 4.20. The molecule has 1 amide bonds. The molecule has 0 aliphatic rings. The van der Waals surface area contributed by atoms with Crippen LogP contribution in [0.2, 0.25) is 0 Å². The van der Waals surface area contributed by atoms with Crippen molar-refractivity contribution in [1.29, 1.82) is 0 Å². The standard InChI is InChI=1S/C11H21NO4/c1-8(2)9(7-13)12-10(14)5-3-4-6-11(15)16/h8-9,13H,3-7H2,1-2H3,(H,12,14)(H,15,16)/t9-/m1/s1. The Morgan fingerprint density at radius 2 is 1.75 bits per heavy atom. The topological polar surface area (TPSA) is 86.6 Å². The van der Waals surface area contributed by atoms with Crippen molar-refractivity contribution in [3.05, 3.63) is 0 Å². The highest BCUT2D eigenvalue weighted by atomic mass is 16.4. The maximum absolute atomic E-state index is 11.4. The zero-order valence-corrected chi connectivity index (χ0v) is 9.90. The van der Waals surface area contributed by atoms with Crippen LogP contribution in [0.25, 0.3) is 0 Å². The number of hydrogen-bond donors (Lipinski definition) is 3. The summed E-state index contributed by atoms with van der Waals surface area (Å²) in [5.41, 5.74) is 0. The molecule has 0 radical (unpaired) electrons. The molecule has 5 nitrogen and oxygen atoms in total. The fourth-order valence-corrected chi connectivity index (χ4v) is 1.26. The number of aliphatic hydroxyl groups excluding tert-OH is 1. The predicted molar refractivity (Wildman–Crippen MR) is 60.0 cm³/mol. The lowest BCUT2D eigenvalue weighted by atomic mass is 10.1. The van der Waals surface area contributed by atoms with Gasteiger partial charge in [-0.25, -0.2) is 0 Å². The second-order valence-electron chi connectivity index (χ2n) is 4.20. The number of carbonyl (C=O) groups is 2. The zero-order chi connectivity index (χ0) is 12.6. The number of hydrogen-bond acceptors (Lipinski definition) is 3. The number of unbranched alkanes of at least 4 members (excludes halogenated alkanes) is 1. The Labute approximate surface area is 95.9 Å². The van der Waals surface area contributed by atoms with E-state index in [0.29, 0.717) is 19.3 Å². The summed E-state index contributed by atoms with van der Waals surface area (Å²) in [5.74, 6) is -0.776. The van der Waals surface area contributed by atoms with E-state index in [1.807, 2.05) is 13.8 Å². The summed E-state index contributed by atoms with van der Waals surface area (Å²) in [6.07, 6.45) is 1.49. The molecule has 0 heterocycles. The van der Waals surface area contributed by atoms with Crippen molar-refractivity contribution in [3.8, 4) is 0 Å². The first-order chi connectivity index (χ1) is 7.47. The average molecular weight is 231 g/mol. The summed E-state index contributed by atoms with van der Waals surface area (Å²) in [6, 6.07) is -0.216. The molecule has 0 saturated carbocycles. The minimum Gasteiger partial charge on any atom is -0.481 e. The molecule has 0 aliphatic carbocycles. The highest BCUT2D eigenvalue weighted by Gasteiger charge is 2.14. The van der Waals surface area contributed by atoms with Crippen molar-refractivity contribution in [2.75, 3.05) is 6.61 Å². The first-order valence-corrected chi connectivity index (χ1v) is 5.59. The predicted octanol–water partition coefficient (Wildman–Crippen LogP) is 0.764. The highest BCUT2D eigenvalue weighted by molar-refractivity contribution is 5.76. The van der Waals surface area contributed by atoms with Gasteiger partial charge in [0.1, 0.15) is 0 Å². The molecule has 16 heavy (non-hydrogen) atoms. The molecule has 0 saturated heterocycles. The Balaban J connectivity index is 3.68. The van der Waals surface area contributed by atoms with Gasteiger partial charge in [-0.3, -0.25) is 9.59 Å². The van der Waals surface area contributed by atoms with E-state index in [1.54, 1.807) is 0 Å². The molecule has 3 N–H and O–H groups in total. The lowest BCUT2D eigenvalue weighted by Crippen LogP contribution is -2.41. The van der Waals surface area contributed by atoms with Crippen LogP contribution < -0.4 is 5.32 Å². The maximum Gasteiger partial charge on any atom is 0.303 e. The van der Waals surface area contributed by atoms with Crippen LogP contribution in [-0.2, 0) is 9.59 Å². The molecule has 1 atom stereocenters. The van der Waals surface area contributed by atoms with Crippen molar-refractivity contribution in [2.24, 2.45) is 5.92 Å². The lowest BCUT2D eigenvalue weighted by Gasteiger charge is -2.19. The van der Waals surface area contributed by atoms with E-state index in [2.05, 4.69) is 5.32 Å². The van der Waals surface area contributed by atoms with Crippen molar-refractivity contribution in [3.63, 3.8) is 0 Å². The molecule has 0 rings (SSSR count). The van der Waals surface area contributed by atoms with E-state index in [4.69, 9.17) is 10.2 Å². The van der Waals surface area contributed by atoms with Crippen LogP contribution in [0.3, 0.4) is 0 Å². The van der Waals surface area contributed by atoms with Crippen LogP contribution in [0.15, 0.2) is 0 Å². The highest BCUT2D eigenvalue weighted by Crippen LogP contribution is 2.03. The molecule has 0 spiro atoms. The van der Waals surface area contributed by atoms with E-state index in [9.17, 15) is 9.59 Å². The van der Waals surface area contributed by atoms with Crippen molar-refractivity contribution < 1.29 is 19.8 Å². The zero-order valence-electron chi connectivity index (χ0n) is 9.90. The number of aliphatic carboxylic acids is 1. The smallest absolute Gasteiger partial charge is 0.303 e. The Hall–Kier alpha value is -1.10. The van der Waals surface area contributed by atoms with Gasteiger partial charge in [-0.2, -0.15) is 0 Å². The number of carboxylic acid groups (broad SMARTS) is 1. The van der Waals surface area contributed by atoms with Gasteiger partial charge in [0, 0.05) is 12.8 Å².